The zero-order chi connectivity index (χ0) is 11.3. The van der Waals surface area contributed by atoms with Crippen LogP contribution in [0.1, 0.15) is 42.1 Å². The zero-order valence-electron chi connectivity index (χ0n) is 10.1. The third-order valence-corrected chi connectivity index (χ3v) is 4.48. The maximum Gasteiger partial charge on any atom is 0.0821 e. The van der Waals surface area contributed by atoms with E-state index >= 15 is 0 Å². The van der Waals surface area contributed by atoms with E-state index in [1.807, 2.05) is 0 Å². The topological polar surface area (TPSA) is 20.2 Å². The number of benzene rings is 1. The van der Waals surface area contributed by atoms with Crippen molar-refractivity contribution in [3.63, 3.8) is 0 Å². The van der Waals surface area contributed by atoms with Crippen LogP contribution in [0.15, 0.2) is 18.2 Å². The van der Waals surface area contributed by atoms with Crippen LogP contribution in [-0.4, -0.2) is 5.11 Å². The summed E-state index contributed by atoms with van der Waals surface area (Å²) < 4.78 is 0. The van der Waals surface area contributed by atoms with Gasteiger partial charge in [0.25, 0.3) is 0 Å². The maximum atomic E-state index is 10.5. The van der Waals surface area contributed by atoms with Gasteiger partial charge in [0.1, 0.15) is 0 Å². The minimum absolute atomic E-state index is 0.229. The SMILES string of the molecule is Cc1ccc(C)c(C(O)C2CC3CC3C2)c1. The van der Waals surface area contributed by atoms with Crippen molar-refractivity contribution in [3.8, 4) is 0 Å². The number of aliphatic hydroxyl groups excluding tert-OH is 1. The van der Waals surface area contributed by atoms with E-state index < -0.39 is 0 Å². The number of fused-ring (bicyclic) bond motifs is 1. The van der Waals surface area contributed by atoms with Crippen LogP contribution in [0.4, 0.5) is 0 Å². The summed E-state index contributed by atoms with van der Waals surface area (Å²) in [5.74, 6) is 2.42. The van der Waals surface area contributed by atoms with E-state index in [1.54, 1.807) is 0 Å². The van der Waals surface area contributed by atoms with Crippen LogP contribution in [0.3, 0.4) is 0 Å². The highest BCUT2D eigenvalue weighted by atomic mass is 16.3. The first-order valence-corrected chi connectivity index (χ1v) is 6.40. The molecule has 2 aliphatic rings. The molecule has 2 fully saturated rings. The first-order valence-electron chi connectivity index (χ1n) is 6.40. The molecule has 2 aliphatic carbocycles. The summed E-state index contributed by atoms with van der Waals surface area (Å²) in [5, 5.41) is 10.5. The minimum Gasteiger partial charge on any atom is -0.388 e. The Labute approximate surface area is 97.5 Å². The van der Waals surface area contributed by atoms with Gasteiger partial charge in [0, 0.05) is 0 Å². The molecule has 0 bridgehead atoms. The lowest BCUT2D eigenvalue weighted by molar-refractivity contribution is 0.104. The molecule has 3 atom stereocenters. The van der Waals surface area contributed by atoms with Gasteiger partial charge in [0.15, 0.2) is 0 Å². The molecule has 0 amide bonds. The van der Waals surface area contributed by atoms with Crippen LogP contribution in [0.2, 0.25) is 0 Å². The van der Waals surface area contributed by atoms with Gasteiger partial charge in [-0.25, -0.2) is 0 Å². The molecule has 3 rings (SSSR count). The Morgan fingerprint density at radius 1 is 1.12 bits per heavy atom. The van der Waals surface area contributed by atoms with Gasteiger partial charge in [0.2, 0.25) is 0 Å². The number of aryl methyl sites for hydroxylation is 2. The van der Waals surface area contributed by atoms with E-state index in [0.717, 1.165) is 17.4 Å². The molecule has 0 radical (unpaired) electrons. The predicted octanol–water partition coefficient (Wildman–Crippen LogP) is 3.38. The highest BCUT2D eigenvalue weighted by Crippen LogP contribution is 2.57. The molecule has 0 spiro atoms. The van der Waals surface area contributed by atoms with Crippen molar-refractivity contribution in [3.05, 3.63) is 34.9 Å². The molecule has 2 saturated carbocycles. The molecule has 1 N–H and O–H groups in total. The summed E-state index contributed by atoms with van der Waals surface area (Å²) >= 11 is 0. The highest BCUT2D eigenvalue weighted by Gasteiger charge is 2.47. The molecule has 0 aromatic heterocycles. The summed E-state index contributed by atoms with van der Waals surface area (Å²) in [5.41, 5.74) is 3.65. The molecule has 86 valence electrons. The molecule has 0 aliphatic heterocycles. The fourth-order valence-electron chi connectivity index (χ4n) is 3.35. The van der Waals surface area contributed by atoms with Crippen molar-refractivity contribution < 1.29 is 5.11 Å². The summed E-state index contributed by atoms with van der Waals surface area (Å²) in [7, 11) is 0. The third-order valence-electron chi connectivity index (χ3n) is 4.48. The molecule has 16 heavy (non-hydrogen) atoms. The van der Waals surface area contributed by atoms with Crippen molar-refractivity contribution in [2.45, 2.75) is 39.2 Å². The number of aliphatic hydroxyl groups is 1. The van der Waals surface area contributed by atoms with Gasteiger partial charge in [-0.3, -0.25) is 0 Å². The fraction of sp³-hybridized carbons (Fsp3) is 0.600. The Hall–Kier alpha value is -0.820. The van der Waals surface area contributed by atoms with Crippen LogP contribution in [0.25, 0.3) is 0 Å². The Balaban J connectivity index is 1.82. The fourth-order valence-corrected chi connectivity index (χ4v) is 3.35. The van der Waals surface area contributed by atoms with Gasteiger partial charge in [-0.15, -0.1) is 0 Å². The number of hydrogen-bond acceptors (Lipinski definition) is 1. The van der Waals surface area contributed by atoms with Gasteiger partial charge < -0.3 is 5.11 Å². The van der Waals surface area contributed by atoms with Gasteiger partial charge in [-0.05, 0) is 62.0 Å². The molecule has 1 nitrogen and oxygen atoms in total. The zero-order valence-corrected chi connectivity index (χ0v) is 10.1. The number of rotatable bonds is 2. The lowest BCUT2D eigenvalue weighted by Gasteiger charge is -2.22. The van der Waals surface area contributed by atoms with E-state index in [9.17, 15) is 5.11 Å². The van der Waals surface area contributed by atoms with E-state index in [0.29, 0.717) is 5.92 Å². The van der Waals surface area contributed by atoms with E-state index in [1.165, 1.54) is 30.4 Å². The van der Waals surface area contributed by atoms with Crippen LogP contribution < -0.4 is 0 Å². The van der Waals surface area contributed by atoms with Gasteiger partial charge >= 0.3 is 0 Å². The van der Waals surface area contributed by atoms with Gasteiger partial charge in [-0.2, -0.15) is 0 Å². The van der Waals surface area contributed by atoms with Gasteiger partial charge in [0.05, 0.1) is 6.10 Å². The second-order valence-electron chi connectivity index (χ2n) is 5.79. The molecule has 1 heteroatoms. The summed E-state index contributed by atoms with van der Waals surface area (Å²) in [4.78, 5) is 0. The first kappa shape index (κ1) is 10.3. The Bertz CT molecular complexity index is 400. The average molecular weight is 216 g/mol. The third kappa shape index (κ3) is 1.67. The molecule has 1 aromatic rings. The van der Waals surface area contributed by atoms with E-state index in [2.05, 4.69) is 32.0 Å². The molecular formula is C15H20O. The number of hydrogen-bond donors (Lipinski definition) is 1. The Morgan fingerprint density at radius 3 is 2.50 bits per heavy atom. The van der Waals surface area contributed by atoms with E-state index in [4.69, 9.17) is 0 Å². The first-order chi connectivity index (χ1) is 7.65. The molecule has 1 aromatic carbocycles. The van der Waals surface area contributed by atoms with Crippen LogP contribution >= 0.6 is 0 Å². The molecule has 0 saturated heterocycles. The van der Waals surface area contributed by atoms with Crippen LogP contribution in [0.5, 0.6) is 0 Å². The Morgan fingerprint density at radius 2 is 1.81 bits per heavy atom. The van der Waals surface area contributed by atoms with Crippen molar-refractivity contribution in [1.29, 1.82) is 0 Å². The van der Waals surface area contributed by atoms with Crippen LogP contribution in [-0.2, 0) is 0 Å². The standard InChI is InChI=1S/C15H20O/c1-9-3-4-10(2)14(5-9)15(16)13-7-11-6-12(11)8-13/h3-5,11-13,15-16H,6-8H2,1-2H3. The predicted molar refractivity (Wildman–Crippen MR) is 65.2 cm³/mol. The van der Waals surface area contributed by atoms with Gasteiger partial charge in [-0.1, -0.05) is 23.8 Å². The van der Waals surface area contributed by atoms with Crippen molar-refractivity contribution >= 4 is 0 Å². The lowest BCUT2D eigenvalue weighted by Crippen LogP contribution is -2.12. The largest absolute Gasteiger partial charge is 0.388 e. The lowest BCUT2D eigenvalue weighted by atomic mass is 9.89. The van der Waals surface area contributed by atoms with E-state index in [-0.39, 0.29) is 6.10 Å². The highest BCUT2D eigenvalue weighted by molar-refractivity contribution is 5.32. The maximum absolute atomic E-state index is 10.5. The monoisotopic (exact) mass is 216 g/mol. The Kier molecular flexibility index (Phi) is 2.32. The summed E-state index contributed by atoms with van der Waals surface area (Å²) in [6.45, 7) is 4.20. The second-order valence-corrected chi connectivity index (χ2v) is 5.79. The minimum atomic E-state index is -0.229. The van der Waals surface area contributed by atoms with Crippen LogP contribution in [0, 0.1) is 31.6 Å². The van der Waals surface area contributed by atoms with Crippen molar-refractivity contribution in [2.75, 3.05) is 0 Å². The van der Waals surface area contributed by atoms with Crippen molar-refractivity contribution in [2.24, 2.45) is 17.8 Å². The summed E-state index contributed by atoms with van der Waals surface area (Å²) in [6, 6.07) is 6.41. The molecular weight excluding hydrogens is 196 g/mol. The average Bonchev–Trinajstić information content (AvgIpc) is 2.88. The quantitative estimate of drug-likeness (QED) is 0.803. The normalized spacial score (nSPS) is 33.6. The molecule has 0 heterocycles. The molecule has 3 unspecified atom stereocenters. The smallest absolute Gasteiger partial charge is 0.0821 e. The summed E-state index contributed by atoms with van der Waals surface area (Å²) in [6.07, 6.45) is 3.70. The second kappa shape index (κ2) is 3.59. The van der Waals surface area contributed by atoms with Crippen molar-refractivity contribution in [1.82, 2.24) is 0 Å².